The molecule has 3 aliphatic rings. The lowest BCUT2D eigenvalue weighted by Gasteiger charge is -2.55. The zero-order valence-electron chi connectivity index (χ0n) is 24.0. The van der Waals surface area contributed by atoms with E-state index >= 15 is 0 Å². The highest BCUT2D eigenvalue weighted by molar-refractivity contribution is 8.00. The average Bonchev–Trinajstić information content (AvgIpc) is 2.97. The molecule has 3 aromatic rings. The molecule has 2 N–H and O–H groups in total. The van der Waals surface area contributed by atoms with Crippen LogP contribution in [-0.4, -0.2) is 54.0 Å². The van der Waals surface area contributed by atoms with Crippen molar-refractivity contribution in [3.8, 4) is 5.75 Å². The van der Waals surface area contributed by atoms with Gasteiger partial charge >= 0.3 is 5.97 Å². The molecule has 0 aliphatic carbocycles. The Labute approximate surface area is 243 Å². The highest BCUT2D eigenvalue weighted by Gasteiger charge is 2.53. The van der Waals surface area contributed by atoms with Crippen molar-refractivity contribution < 1.29 is 14.6 Å². The molecular weight excluding hydrogens is 516 g/mol. The molecule has 0 aromatic heterocycles. The Morgan fingerprint density at radius 1 is 1.07 bits per heavy atom. The molecule has 212 valence electrons. The van der Waals surface area contributed by atoms with Gasteiger partial charge in [-0.15, -0.1) is 0 Å². The van der Waals surface area contributed by atoms with Gasteiger partial charge in [-0.25, -0.2) is 0 Å². The first-order chi connectivity index (χ1) is 19.3. The van der Waals surface area contributed by atoms with Crippen molar-refractivity contribution in [2.24, 2.45) is 11.8 Å². The number of hydrogen-bond donors (Lipinski definition) is 2. The minimum atomic E-state index is -0.694. The molecule has 3 saturated heterocycles. The van der Waals surface area contributed by atoms with Crippen LogP contribution in [0.2, 0.25) is 0 Å². The third kappa shape index (κ3) is 5.81. The molecular formula is C34H42N2O3S. The molecule has 1 unspecified atom stereocenters. The van der Waals surface area contributed by atoms with Gasteiger partial charge in [0.1, 0.15) is 5.75 Å². The van der Waals surface area contributed by atoms with E-state index in [0.29, 0.717) is 6.54 Å². The van der Waals surface area contributed by atoms with Crippen molar-refractivity contribution in [2.45, 2.75) is 56.5 Å². The molecule has 6 heteroatoms. The Hall–Kier alpha value is -2.80. The maximum absolute atomic E-state index is 13.0. The number of benzene rings is 3. The lowest BCUT2D eigenvalue weighted by molar-refractivity contribution is -0.155. The number of rotatable bonds is 11. The number of ether oxygens (including phenoxy) is 1. The number of hydrogen-bond acceptors (Lipinski definition) is 5. The van der Waals surface area contributed by atoms with Gasteiger partial charge in [0.15, 0.2) is 0 Å². The van der Waals surface area contributed by atoms with E-state index in [0.717, 1.165) is 36.6 Å². The summed E-state index contributed by atoms with van der Waals surface area (Å²) in [5.41, 5.74) is 4.76. The SMILES string of the molecule is CCSC(C)(C)c1ccc(OC)c(CN[C@H]2CN3CC[C@H]2[C@H](C(=O)O)[C@@H]3C(c2ccccc2)c2ccccc2)c1. The van der Waals surface area contributed by atoms with Crippen molar-refractivity contribution in [1.29, 1.82) is 0 Å². The van der Waals surface area contributed by atoms with Crippen molar-refractivity contribution in [3.63, 3.8) is 0 Å². The fraction of sp³-hybridized carbons (Fsp3) is 0.441. The van der Waals surface area contributed by atoms with Gasteiger partial charge in [-0.3, -0.25) is 9.69 Å². The fourth-order valence-electron chi connectivity index (χ4n) is 7.02. The van der Waals surface area contributed by atoms with Crippen molar-refractivity contribution >= 4 is 17.7 Å². The van der Waals surface area contributed by atoms with Crippen molar-refractivity contribution in [1.82, 2.24) is 10.2 Å². The molecule has 0 saturated carbocycles. The lowest BCUT2D eigenvalue weighted by atomic mass is 9.65. The molecule has 0 radical (unpaired) electrons. The molecule has 3 aromatic carbocycles. The topological polar surface area (TPSA) is 61.8 Å². The standard InChI is InChI=1S/C34H42N2O3S/c1-5-40-34(2,3)26-16-17-29(39-4)25(20-26)21-35-28-22-36-19-18-27(28)31(33(37)38)32(36)30(23-12-8-6-9-13-23)24-14-10-7-11-15-24/h6-17,20,27-28,30-32,35H,5,18-19,21-22H2,1-4H3,(H,37,38)/t27-,28+,31+,32+/m1/s1. The van der Waals surface area contributed by atoms with E-state index in [1.54, 1.807) is 7.11 Å². The number of aliphatic carboxylic acids is 1. The third-order valence-corrected chi connectivity index (χ3v) is 10.2. The number of fused-ring (bicyclic) bond motifs is 3. The second-order valence-corrected chi connectivity index (χ2v) is 13.4. The van der Waals surface area contributed by atoms with E-state index in [2.05, 4.69) is 97.7 Å². The number of carboxylic acids is 1. The van der Waals surface area contributed by atoms with Crippen LogP contribution in [0.15, 0.2) is 78.9 Å². The Balaban J connectivity index is 1.42. The van der Waals surface area contributed by atoms with Crippen LogP contribution in [-0.2, 0) is 16.1 Å². The zero-order chi connectivity index (χ0) is 28.3. The Morgan fingerprint density at radius 2 is 1.73 bits per heavy atom. The number of methoxy groups -OCH3 is 1. The summed E-state index contributed by atoms with van der Waals surface area (Å²) < 4.78 is 5.74. The summed E-state index contributed by atoms with van der Waals surface area (Å²) in [6, 6.07) is 27.4. The summed E-state index contributed by atoms with van der Waals surface area (Å²) in [6.45, 7) is 9.14. The van der Waals surface area contributed by atoms with Crippen LogP contribution >= 0.6 is 11.8 Å². The van der Waals surface area contributed by atoms with Gasteiger partial charge in [-0.1, -0.05) is 73.7 Å². The van der Waals surface area contributed by atoms with E-state index in [1.165, 1.54) is 16.7 Å². The molecule has 3 heterocycles. The normalized spacial score (nSPS) is 24.3. The third-order valence-electron chi connectivity index (χ3n) is 8.93. The summed E-state index contributed by atoms with van der Waals surface area (Å²) in [5.74, 6) is 0.831. The molecule has 5 atom stereocenters. The molecule has 3 fully saturated rings. The monoisotopic (exact) mass is 558 g/mol. The zero-order valence-corrected chi connectivity index (χ0v) is 24.9. The smallest absolute Gasteiger partial charge is 0.308 e. The van der Waals surface area contributed by atoms with Gasteiger partial charge in [-0.05, 0) is 67.3 Å². The van der Waals surface area contributed by atoms with Gasteiger partial charge in [0.25, 0.3) is 0 Å². The Bertz CT molecular complexity index is 1240. The predicted molar refractivity (Wildman–Crippen MR) is 164 cm³/mol. The highest BCUT2D eigenvalue weighted by Crippen LogP contribution is 2.46. The van der Waals surface area contributed by atoms with Gasteiger partial charge in [0, 0.05) is 41.4 Å². The first kappa shape index (κ1) is 28.7. The second-order valence-electron chi connectivity index (χ2n) is 11.6. The number of carboxylic acid groups (broad SMARTS) is 1. The van der Waals surface area contributed by atoms with Crippen molar-refractivity contribution in [3.05, 3.63) is 101 Å². The van der Waals surface area contributed by atoms with E-state index in [9.17, 15) is 9.90 Å². The summed E-state index contributed by atoms with van der Waals surface area (Å²) in [6.07, 6.45) is 0.888. The molecule has 3 aliphatic heterocycles. The van der Waals surface area contributed by atoms with Gasteiger partial charge in [0.2, 0.25) is 0 Å². The van der Waals surface area contributed by atoms with Gasteiger partial charge in [0.05, 0.1) is 13.0 Å². The summed E-state index contributed by atoms with van der Waals surface area (Å²) in [5, 5.41) is 14.4. The Morgan fingerprint density at radius 3 is 2.30 bits per heavy atom. The van der Waals surface area contributed by atoms with Crippen LogP contribution in [0.3, 0.4) is 0 Å². The largest absolute Gasteiger partial charge is 0.496 e. The second kappa shape index (κ2) is 12.4. The maximum Gasteiger partial charge on any atom is 0.308 e. The van der Waals surface area contributed by atoms with E-state index in [1.807, 2.05) is 23.9 Å². The van der Waals surface area contributed by atoms with Crippen LogP contribution in [0.1, 0.15) is 55.4 Å². The molecule has 2 bridgehead atoms. The number of nitrogens with one attached hydrogen (secondary N) is 1. The maximum atomic E-state index is 13.0. The number of thioether (sulfide) groups is 1. The van der Waals surface area contributed by atoms with Crippen LogP contribution in [0, 0.1) is 11.8 Å². The van der Waals surface area contributed by atoms with E-state index in [-0.39, 0.29) is 28.7 Å². The quantitative estimate of drug-likeness (QED) is 0.285. The van der Waals surface area contributed by atoms with Gasteiger partial charge < -0.3 is 15.2 Å². The molecule has 0 spiro atoms. The lowest BCUT2D eigenvalue weighted by Crippen LogP contribution is -2.67. The predicted octanol–water partition coefficient (Wildman–Crippen LogP) is 6.38. The van der Waals surface area contributed by atoms with Gasteiger partial charge in [-0.2, -0.15) is 11.8 Å². The molecule has 6 rings (SSSR count). The first-order valence-electron chi connectivity index (χ1n) is 14.5. The number of carbonyl (C=O) groups is 1. The summed E-state index contributed by atoms with van der Waals surface area (Å²) in [4.78, 5) is 15.4. The number of nitrogens with zero attached hydrogens (tertiary/aromatic N) is 1. The van der Waals surface area contributed by atoms with E-state index in [4.69, 9.17) is 4.74 Å². The summed E-state index contributed by atoms with van der Waals surface area (Å²) >= 11 is 1.93. The van der Waals surface area contributed by atoms with E-state index < -0.39 is 11.9 Å². The Kier molecular flexibility index (Phi) is 8.89. The molecule has 0 amide bonds. The first-order valence-corrected chi connectivity index (χ1v) is 15.4. The van der Waals surface area contributed by atoms with Crippen LogP contribution in [0.25, 0.3) is 0 Å². The fourth-order valence-corrected chi connectivity index (χ4v) is 8.04. The van der Waals surface area contributed by atoms with Crippen molar-refractivity contribution in [2.75, 3.05) is 26.0 Å². The minimum absolute atomic E-state index is 0.00215. The molecule has 5 nitrogen and oxygen atoms in total. The van der Waals surface area contributed by atoms with Crippen LogP contribution in [0.4, 0.5) is 0 Å². The minimum Gasteiger partial charge on any atom is -0.496 e. The van der Waals surface area contributed by atoms with Crippen LogP contribution < -0.4 is 10.1 Å². The average molecular weight is 559 g/mol. The molecule has 40 heavy (non-hydrogen) atoms. The van der Waals surface area contributed by atoms with Crippen LogP contribution in [0.5, 0.6) is 5.75 Å². The highest BCUT2D eigenvalue weighted by atomic mass is 32.2. The summed E-state index contributed by atoms with van der Waals surface area (Å²) in [7, 11) is 1.72. The number of piperidine rings is 3.